The minimum atomic E-state index is 0. The maximum Gasteiger partial charge on any atom is 1.00 e. The Kier molecular flexibility index (Phi) is 6.38. The summed E-state index contributed by atoms with van der Waals surface area (Å²) >= 11 is 0. The van der Waals surface area contributed by atoms with Gasteiger partial charge in [0.05, 0.1) is 0 Å². The first kappa shape index (κ1) is 10.6. The van der Waals surface area contributed by atoms with Gasteiger partial charge in [0.2, 0.25) is 0 Å². The first-order valence-corrected chi connectivity index (χ1v) is 1.85. The van der Waals surface area contributed by atoms with E-state index < -0.39 is 0 Å². The molecule has 0 fully saturated rings. The summed E-state index contributed by atoms with van der Waals surface area (Å²) in [6, 6.07) is 0. The van der Waals surface area contributed by atoms with Gasteiger partial charge >= 0.3 is 51.4 Å². The zero-order valence-electron chi connectivity index (χ0n) is 5.21. The van der Waals surface area contributed by atoms with E-state index in [9.17, 15) is 0 Å². The van der Waals surface area contributed by atoms with Crippen LogP contribution in [0.15, 0.2) is 0 Å². The zero-order chi connectivity index (χ0) is 4.50. The van der Waals surface area contributed by atoms with E-state index in [0.717, 1.165) is 0 Å². The van der Waals surface area contributed by atoms with Gasteiger partial charge in [-0.2, -0.15) is 5.41 Å². The standard InChI is InChI=1S/C5H11.K/c1-5(2,3)4;/h1H2,2-4H3;/q-1;+1. The molecule has 0 amide bonds. The van der Waals surface area contributed by atoms with Crippen LogP contribution in [-0.4, -0.2) is 0 Å². The third kappa shape index (κ3) is 45.2. The molecule has 6 heavy (non-hydrogen) atoms. The molecule has 0 aromatic heterocycles. The molecule has 0 heterocycles. The second-order valence-corrected chi connectivity index (χ2v) is 2.56. The summed E-state index contributed by atoms with van der Waals surface area (Å²) in [4.78, 5) is 0. The van der Waals surface area contributed by atoms with Crippen molar-refractivity contribution in [2.45, 2.75) is 20.8 Å². The fraction of sp³-hybridized carbons (Fsp3) is 0.800. The van der Waals surface area contributed by atoms with Crippen molar-refractivity contribution in [2.75, 3.05) is 0 Å². The van der Waals surface area contributed by atoms with Crippen LogP contribution in [0, 0.1) is 12.3 Å². The maximum absolute atomic E-state index is 3.77. The summed E-state index contributed by atoms with van der Waals surface area (Å²) in [5.41, 5.74) is 0.250. The van der Waals surface area contributed by atoms with E-state index in [4.69, 9.17) is 0 Å². The van der Waals surface area contributed by atoms with Crippen LogP contribution in [0.1, 0.15) is 20.8 Å². The van der Waals surface area contributed by atoms with Gasteiger partial charge in [-0.1, -0.05) is 20.8 Å². The Balaban J connectivity index is 0. The zero-order valence-corrected chi connectivity index (χ0v) is 8.33. The fourth-order valence-corrected chi connectivity index (χ4v) is 0. The molecule has 0 aliphatic heterocycles. The molecule has 0 bridgehead atoms. The fourth-order valence-electron chi connectivity index (χ4n) is 0. The average molecular weight is 110 g/mol. The first-order valence-electron chi connectivity index (χ1n) is 1.85. The number of hydrogen-bond acceptors (Lipinski definition) is 0. The summed E-state index contributed by atoms with van der Waals surface area (Å²) in [5.74, 6) is 0. The van der Waals surface area contributed by atoms with E-state index in [-0.39, 0.29) is 56.8 Å². The Bertz CT molecular complexity index is 19.4. The molecule has 0 aliphatic carbocycles. The molecular weight excluding hydrogens is 99.2 g/mol. The maximum atomic E-state index is 3.77. The van der Waals surface area contributed by atoms with Gasteiger partial charge in [-0.05, 0) is 0 Å². The van der Waals surface area contributed by atoms with Crippen LogP contribution in [0.3, 0.4) is 0 Å². The molecule has 0 unspecified atom stereocenters. The Morgan fingerprint density at radius 2 is 1.17 bits per heavy atom. The molecule has 1 heteroatoms. The predicted molar refractivity (Wildman–Crippen MR) is 24.8 cm³/mol. The van der Waals surface area contributed by atoms with Gasteiger partial charge < -0.3 is 6.92 Å². The second kappa shape index (κ2) is 3.62. The first-order chi connectivity index (χ1) is 2.00. The van der Waals surface area contributed by atoms with Crippen molar-refractivity contribution in [1.82, 2.24) is 0 Å². The topological polar surface area (TPSA) is 0 Å². The van der Waals surface area contributed by atoms with Crippen molar-refractivity contribution >= 4 is 0 Å². The minimum Gasteiger partial charge on any atom is -0.338 e. The van der Waals surface area contributed by atoms with Crippen LogP contribution in [-0.2, 0) is 0 Å². The molecule has 0 N–H and O–H groups in total. The molecule has 0 aromatic carbocycles. The van der Waals surface area contributed by atoms with Crippen LogP contribution in [0.5, 0.6) is 0 Å². The van der Waals surface area contributed by atoms with Crippen molar-refractivity contribution in [3.63, 3.8) is 0 Å². The van der Waals surface area contributed by atoms with Gasteiger partial charge in [-0.3, -0.25) is 0 Å². The third-order valence-corrected chi connectivity index (χ3v) is 0. The second-order valence-electron chi connectivity index (χ2n) is 2.56. The SMILES string of the molecule is [CH2-]C(C)(C)C.[K+]. The van der Waals surface area contributed by atoms with E-state index in [0.29, 0.717) is 0 Å². The van der Waals surface area contributed by atoms with E-state index in [1.807, 2.05) is 0 Å². The quantitative estimate of drug-likeness (QED) is 0.273. The Labute approximate surface area is 83.1 Å². The molecule has 0 aliphatic rings. The Morgan fingerprint density at radius 1 is 1.17 bits per heavy atom. The van der Waals surface area contributed by atoms with Gasteiger partial charge in [-0.15, -0.1) is 0 Å². The molecular formula is C5H11K. The van der Waals surface area contributed by atoms with Crippen LogP contribution >= 0.6 is 0 Å². The molecule has 0 spiro atoms. The largest absolute Gasteiger partial charge is 1.00 e. The van der Waals surface area contributed by atoms with Crippen molar-refractivity contribution in [3.05, 3.63) is 6.92 Å². The monoisotopic (exact) mass is 110 g/mol. The van der Waals surface area contributed by atoms with E-state index in [1.54, 1.807) is 0 Å². The number of rotatable bonds is 0. The van der Waals surface area contributed by atoms with E-state index in [1.165, 1.54) is 0 Å². The van der Waals surface area contributed by atoms with Crippen LogP contribution < -0.4 is 51.4 Å². The molecule has 0 rings (SSSR count). The van der Waals surface area contributed by atoms with Gasteiger partial charge in [0, 0.05) is 0 Å². The van der Waals surface area contributed by atoms with Crippen molar-refractivity contribution < 1.29 is 51.4 Å². The van der Waals surface area contributed by atoms with Crippen LogP contribution in [0.25, 0.3) is 0 Å². The minimum absolute atomic E-state index is 0. The van der Waals surface area contributed by atoms with Gasteiger partial charge in [-0.25, -0.2) is 0 Å². The van der Waals surface area contributed by atoms with Gasteiger partial charge in [0.25, 0.3) is 0 Å². The van der Waals surface area contributed by atoms with Crippen molar-refractivity contribution in [3.8, 4) is 0 Å². The predicted octanol–water partition coefficient (Wildman–Crippen LogP) is -1.13. The summed E-state index contributed by atoms with van der Waals surface area (Å²) in [5, 5.41) is 0. The molecule has 0 aromatic rings. The summed E-state index contributed by atoms with van der Waals surface area (Å²) in [6.45, 7) is 10.0. The van der Waals surface area contributed by atoms with Crippen LogP contribution in [0.2, 0.25) is 0 Å². The smallest absolute Gasteiger partial charge is 0.338 e. The van der Waals surface area contributed by atoms with E-state index >= 15 is 0 Å². The average Bonchev–Trinajstić information content (AvgIpc) is 0.722. The van der Waals surface area contributed by atoms with Gasteiger partial charge in [0.1, 0.15) is 0 Å². The van der Waals surface area contributed by atoms with Gasteiger partial charge in [0.15, 0.2) is 0 Å². The molecule has 0 nitrogen and oxygen atoms in total. The molecule has 0 radical (unpaired) electrons. The molecule has 0 atom stereocenters. The summed E-state index contributed by atoms with van der Waals surface area (Å²) in [6.07, 6.45) is 0. The third-order valence-electron chi connectivity index (χ3n) is 0. The molecule has 32 valence electrons. The normalized spacial score (nSPS) is 10.0. The summed E-state index contributed by atoms with van der Waals surface area (Å²) in [7, 11) is 0. The number of hydrogen-bond donors (Lipinski definition) is 0. The Hall–Kier alpha value is 1.64. The molecule has 0 saturated carbocycles. The summed E-state index contributed by atoms with van der Waals surface area (Å²) < 4.78 is 0. The van der Waals surface area contributed by atoms with E-state index in [2.05, 4.69) is 27.7 Å². The molecule has 0 saturated heterocycles. The van der Waals surface area contributed by atoms with Crippen molar-refractivity contribution in [2.24, 2.45) is 5.41 Å². The van der Waals surface area contributed by atoms with Crippen molar-refractivity contribution in [1.29, 1.82) is 0 Å². The van der Waals surface area contributed by atoms with Crippen LogP contribution in [0.4, 0.5) is 0 Å². The Morgan fingerprint density at radius 3 is 1.17 bits per heavy atom.